The van der Waals surface area contributed by atoms with E-state index < -0.39 is 23.1 Å². The van der Waals surface area contributed by atoms with Crippen LogP contribution in [0.4, 0.5) is 10.1 Å². The Morgan fingerprint density at radius 2 is 1.66 bits per heavy atom. The minimum atomic E-state index is -0.632. The number of thiophene rings is 1. The topological polar surface area (TPSA) is 137 Å². The summed E-state index contributed by atoms with van der Waals surface area (Å²) in [5.74, 6) is -1.78. The molecule has 1 unspecified atom stereocenters. The van der Waals surface area contributed by atoms with Crippen molar-refractivity contribution in [1.82, 2.24) is 10.2 Å². The summed E-state index contributed by atoms with van der Waals surface area (Å²) in [6, 6.07) is 0. The number of anilines is 2. The lowest BCUT2D eigenvalue weighted by Crippen LogP contribution is -2.23. The fourth-order valence-electron chi connectivity index (χ4n) is 2.38. The fraction of sp³-hybridized carbons (Fsp3) is 0.474. The quantitative estimate of drug-likeness (QED) is 0.284. The number of thioether (sulfide) groups is 1. The zero-order valence-electron chi connectivity index (χ0n) is 18.3. The summed E-state index contributed by atoms with van der Waals surface area (Å²) in [5.41, 5.74) is 0.522. The molecular weight excluding hydrogens is 476 g/mol. The van der Waals surface area contributed by atoms with Crippen LogP contribution >= 0.6 is 34.4 Å². The van der Waals surface area contributed by atoms with Crippen molar-refractivity contribution in [1.29, 1.82) is 0 Å². The van der Waals surface area contributed by atoms with Gasteiger partial charge < -0.3 is 20.1 Å². The smallest absolute Gasteiger partial charge is 0.348 e. The van der Waals surface area contributed by atoms with Crippen molar-refractivity contribution >= 4 is 68.3 Å². The molecule has 10 nitrogen and oxygen atoms in total. The molecule has 2 amide bonds. The van der Waals surface area contributed by atoms with Crippen LogP contribution in [0.5, 0.6) is 0 Å². The van der Waals surface area contributed by atoms with Gasteiger partial charge in [-0.3, -0.25) is 9.59 Å². The molecule has 0 saturated heterocycles. The molecule has 2 aromatic rings. The van der Waals surface area contributed by atoms with Crippen LogP contribution in [0.3, 0.4) is 0 Å². The zero-order valence-corrected chi connectivity index (χ0v) is 20.7. The second kappa shape index (κ2) is 11.9. The number of carbonyl (C=O) groups is 4. The van der Waals surface area contributed by atoms with E-state index in [1.807, 2.05) is 0 Å². The second-order valence-electron chi connectivity index (χ2n) is 6.23. The molecule has 0 aliphatic heterocycles. The molecule has 0 fully saturated rings. The highest BCUT2D eigenvalue weighted by atomic mass is 32.2. The molecule has 0 aliphatic rings. The van der Waals surface area contributed by atoms with Crippen molar-refractivity contribution in [2.45, 2.75) is 50.6 Å². The minimum absolute atomic E-state index is 0.130. The first-order valence-electron chi connectivity index (χ1n) is 9.80. The molecule has 2 heterocycles. The average Bonchev–Trinajstić information content (AvgIpc) is 3.31. The Labute approximate surface area is 197 Å². The molecule has 0 aromatic carbocycles. The van der Waals surface area contributed by atoms with Gasteiger partial charge in [-0.2, -0.15) is 0 Å². The summed E-state index contributed by atoms with van der Waals surface area (Å²) in [7, 11) is 0. The maximum atomic E-state index is 12.8. The Bertz CT molecular complexity index is 1000. The Balaban J connectivity index is 2.18. The van der Waals surface area contributed by atoms with Crippen molar-refractivity contribution in [2.24, 2.45) is 0 Å². The first-order chi connectivity index (χ1) is 15.2. The van der Waals surface area contributed by atoms with E-state index >= 15 is 0 Å². The van der Waals surface area contributed by atoms with Gasteiger partial charge in [0.1, 0.15) is 9.88 Å². The van der Waals surface area contributed by atoms with Crippen molar-refractivity contribution in [3.63, 3.8) is 0 Å². The number of rotatable bonds is 10. The van der Waals surface area contributed by atoms with Gasteiger partial charge in [0, 0.05) is 6.42 Å². The Morgan fingerprint density at radius 1 is 1.00 bits per heavy atom. The average molecular weight is 501 g/mol. The van der Waals surface area contributed by atoms with Crippen LogP contribution in [-0.2, 0) is 19.1 Å². The molecule has 0 bridgehead atoms. The number of carbonyl (C=O) groups excluding carboxylic acids is 4. The molecule has 2 aromatic heterocycles. The van der Waals surface area contributed by atoms with E-state index in [9.17, 15) is 19.2 Å². The fourth-order valence-corrected chi connectivity index (χ4v) is 5.38. The molecule has 0 aliphatic carbocycles. The largest absolute Gasteiger partial charge is 0.462 e. The van der Waals surface area contributed by atoms with Crippen LogP contribution < -0.4 is 10.6 Å². The third kappa shape index (κ3) is 6.50. The molecule has 0 radical (unpaired) electrons. The van der Waals surface area contributed by atoms with E-state index in [1.165, 1.54) is 0 Å². The maximum Gasteiger partial charge on any atom is 0.348 e. The number of hydrogen-bond donors (Lipinski definition) is 2. The lowest BCUT2D eigenvalue weighted by Gasteiger charge is -2.10. The summed E-state index contributed by atoms with van der Waals surface area (Å²) >= 11 is 3.27. The van der Waals surface area contributed by atoms with Gasteiger partial charge in [0.25, 0.3) is 0 Å². The maximum absolute atomic E-state index is 12.8. The van der Waals surface area contributed by atoms with E-state index in [2.05, 4.69) is 20.8 Å². The van der Waals surface area contributed by atoms with Gasteiger partial charge in [0.15, 0.2) is 4.34 Å². The molecular formula is C19H24N4O6S3. The minimum Gasteiger partial charge on any atom is -0.462 e. The normalized spacial score (nSPS) is 11.5. The zero-order chi connectivity index (χ0) is 23.8. The lowest BCUT2D eigenvalue weighted by molar-refractivity contribution is -0.116. The summed E-state index contributed by atoms with van der Waals surface area (Å²) < 4.78 is 10.6. The number of esters is 2. The third-order valence-corrected chi connectivity index (χ3v) is 7.15. The number of aromatic nitrogens is 2. The van der Waals surface area contributed by atoms with E-state index in [0.717, 1.165) is 34.4 Å². The van der Waals surface area contributed by atoms with Crippen molar-refractivity contribution in [3.05, 3.63) is 16.0 Å². The van der Waals surface area contributed by atoms with E-state index in [0.29, 0.717) is 21.5 Å². The first-order valence-corrected chi connectivity index (χ1v) is 12.3. The third-order valence-electron chi connectivity index (χ3n) is 3.94. The van der Waals surface area contributed by atoms with Crippen LogP contribution in [0.15, 0.2) is 4.34 Å². The molecule has 32 heavy (non-hydrogen) atoms. The highest BCUT2D eigenvalue weighted by molar-refractivity contribution is 8.02. The molecule has 174 valence electrons. The van der Waals surface area contributed by atoms with Gasteiger partial charge in [-0.1, -0.05) is 30.0 Å². The van der Waals surface area contributed by atoms with Crippen molar-refractivity contribution in [3.8, 4) is 0 Å². The molecule has 1 atom stereocenters. The van der Waals surface area contributed by atoms with Crippen LogP contribution in [0.2, 0.25) is 0 Å². The van der Waals surface area contributed by atoms with Crippen LogP contribution in [-0.4, -0.2) is 52.4 Å². The van der Waals surface area contributed by atoms with Gasteiger partial charge in [0.2, 0.25) is 16.9 Å². The van der Waals surface area contributed by atoms with E-state index in [1.54, 1.807) is 34.6 Å². The predicted octanol–water partition coefficient (Wildman–Crippen LogP) is 3.73. The summed E-state index contributed by atoms with van der Waals surface area (Å²) in [4.78, 5) is 49.2. The lowest BCUT2D eigenvalue weighted by atomic mass is 10.1. The first kappa shape index (κ1) is 25.7. The summed E-state index contributed by atoms with van der Waals surface area (Å²) in [5, 5.41) is 13.2. The SMILES string of the molecule is CCOC(=O)c1sc(NC(=O)C(C)Sc2nnc(NC(=O)CC)s2)c(C(=O)OCC)c1C. The summed E-state index contributed by atoms with van der Waals surface area (Å²) in [6.45, 7) is 8.68. The number of nitrogens with one attached hydrogen (secondary N) is 2. The van der Waals surface area contributed by atoms with E-state index in [4.69, 9.17) is 9.47 Å². The molecule has 13 heteroatoms. The van der Waals surface area contributed by atoms with Crippen molar-refractivity contribution in [2.75, 3.05) is 23.8 Å². The second-order valence-corrected chi connectivity index (χ2v) is 9.81. The Kier molecular flexibility index (Phi) is 9.60. The van der Waals surface area contributed by atoms with E-state index in [-0.39, 0.29) is 34.6 Å². The Hall–Kier alpha value is -2.51. The molecule has 2 rings (SSSR count). The number of amides is 2. The van der Waals surface area contributed by atoms with Gasteiger partial charge in [0.05, 0.1) is 24.0 Å². The van der Waals surface area contributed by atoms with Crippen LogP contribution in [0, 0.1) is 6.92 Å². The van der Waals surface area contributed by atoms with Gasteiger partial charge in [-0.15, -0.1) is 21.5 Å². The van der Waals surface area contributed by atoms with Crippen LogP contribution in [0.25, 0.3) is 0 Å². The number of ether oxygens (including phenoxy) is 2. The highest BCUT2D eigenvalue weighted by Gasteiger charge is 2.28. The predicted molar refractivity (Wildman–Crippen MR) is 124 cm³/mol. The molecule has 0 spiro atoms. The molecule has 2 N–H and O–H groups in total. The highest BCUT2D eigenvalue weighted by Crippen LogP contribution is 2.35. The monoisotopic (exact) mass is 500 g/mol. The number of nitrogens with zero attached hydrogens (tertiary/aromatic N) is 2. The standard InChI is InChI=1S/C19H24N4O6S3/c1-6-11(24)20-18-22-23-19(32-18)30-10(5)14(25)21-15-12(16(26)28-7-2)9(4)13(31-15)17(27)29-8-3/h10H,6-8H2,1-5H3,(H,21,25)(H,20,22,24). The molecule has 0 saturated carbocycles. The Morgan fingerprint density at radius 3 is 2.28 bits per heavy atom. The van der Waals surface area contributed by atoms with Crippen LogP contribution in [0.1, 0.15) is 59.7 Å². The van der Waals surface area contributed by atoms with Crippen molar-refractivity contribution < 1.29 is 28.7 Å². The van der Waals surface area contributed by atoms with Gasteiger partial charge >= 0.3 is 11.9 Å². The van der Waals surface area contributed by atoms with Gasteiger partial charge in [-0.05, 0) is 33.3 Å². The van der Waals surface area contributed by atoms with Gasteiger partial charge in [-0.25, -0.2) is 9.59 Å². The number of hydrogen-bond acceptors (Lipinski definition) is 11. The summed E-state index contributed by atoms with van der Waals surface area (Å²) in [6.07, 6.45) is 0.317.